The summed E-state index contributed by atoms with van der Waals surface area (Å²) in [5.74, 6) is -1.51. The molecule has 0 saturated heterocycles. The number of carboxylic acid groups (broad SMARTS) is 1. The van der Waals surface area contributed by atoms with Crippen LogP contribution in [0, 0.1) is 11.8 Å². The van der Waals surface area contributed by atoms with Gasteiger partial charge >= 0.3 is 5.97 Å². The number of aromatic amines is 1. The van der Waals surface area contributed by atoms with Crippen LogP contribution in [0.1, 0.15) is 19.3 Å². The number of nitrogens with zero attached hydrogens (tertiary/aromatic N) is 1. The van der Waals surface area contributed by atoms with Crippen LogP contribution >= 0.6 is 0 Å². The minimum Gasteiger partial charge on any atom is -0.481 e. The van der Waals surface area contributed by atoms with Crippen LogP contribution in [0.5, 0.6) is 0 Å². The molecule has 6 heteroatoms. The Labute approximate surface area is 115 Å². The third-order valence-electron chi connectivity index (χ3n) is 3.86. The van der Waals surface area contributed by atoms with Gasteiger partial charge in [-0.2, -0.15) is 5.10 Å². The predicted molar refractivity (Wildman–Crippen MR) is 73.2 cm³/mol. The molecule has 6 nitrogen and oxygen atoms in total. The van der Waals surface area contributed by atoms with Crippen LogP contribution in [0.15, 0.2) is 24.4 Å². The first-order valence-corrected chi connectivity index (χ1v) is 6.60. The van der Waals surface area contributed by atoms with Crippen molar-refractivity contribution in [2.75, 3.05) is 5.32 Å². The summed E-state index contributed by atoms with van der Waals surface area (Å²) in [5.41, 5.74) is 1.56. The Balaban J connectivity index is 1.68. The normalized spacial score (nSPS) is 22.0. The first-order valence-electron chi connectivity index (χ1n) is 6.60. The van der Waals surface area contributed by atoms with Crippen molar-refractivity contribution < 1.29 is 14.7 Å². The number of carboxylic acids is 1. The fourth-order valence-corrected chi connectivity index (χ4v) is 2.70. The van der Waals surface area contributed by atoms with E-state index < -0.39 is 5.97 Å². The first-order chi connectivity index (χ1) is 9.63. The number of carbonyl (C=O) groups is 2. The highest BCUT2D eigenvalue weighted by atomic mass is 16.4. The maximum absolute atomic E-state index is 12.1. The van der Waals surface area contributed by atoms with E-state index in [1.165, 1.54) is 0 Å². The number of amides is 1. The highest BCUT2D eigenvalue weighted by Gasteiger charge is 2.33. The van der Waals surface area contributed by atoms with Gasteiger partial charge in [0.25, 0.3) is 0 Å². The Morgan fingerprint density at radius 3 is 2.85 bits per heavy atom. The number of aliphatic carboxylic acids is 1. The second-order valence-electron chi connectivity index (χ2n) is 5.21. The minimum atomic E-state index is -0.806. The van der Waals surface area contributed by atoms with Gasteiger partial charge in [0.05, 0.1) is 17.6 Å². The number of anilines is 1. The molecule has 0 aliphatic heterocycles. The van der Waals surface area contributed by atoms with Crippen molar-refractivity contribution in [2.24, 2.45) is 11.8 Å². The average Bonchev–Trinajstić information content (AvgIpc) is 3.07. The van der Waals surface area contributed by atoms with Crippen LogP contribution in [0.25, 0.3) is 10.9 Å². The van der Waals surface area contributed by atoms with E-state index in [-0.39, 0.29) is 17.7 Å². The SMILES string of the molecule is O=C(O)C1CCC(C(=O)Nc2ccc3cn[nH]c3c2)C1. The molecule has 1 fully saturated rings. The summed E-state index contributed by atoms with van der Waals surface area (Å²) in [6.07, 6.45) is 3.35. The molecule has 1 aromatic carbocycles. The number of hydrogen-bond acceptors (Lipinski definition) is 3. The van der Waals surface area contributed by atoms with E-state index in [2.05, 4.69) is 15.5 Å². The third-order valence-corrected chi connectivity index (χ3v) is 3.86. The van der Waals surface area contributed by atoms with Crippen molar-refractivity contribution in [1.82, 2.24) is 10.2 Å². The van der Waals surface area contributed by atoms with Gasteiger partial charge in [-0.05, 0) is 37.5 Å². The van der Waals surface area contributed by atoms with Crippen molar-refractivity contribution in [3.8, 4) is 0 Å². The van der Waals surface area contributed by atoms with Crippen LogP contribution in [0.3, 0.4) is 0 Å². The quantitative estimate of drug-likeness (QED) is 0.797. The van der Waals surface area contributed by atoms with Crippen LogP contribution < -0.4 is 5.32 Å². The summed E-state index contributed by atoms with van der Waals surface area (Å²) >= 11 is 0. The second kappa shape index (κ2) is 4.96. The smallest absolute Gasteiger partial charge is 0.306 e. The number of benzene rings is 1. The number of H-pyrrole nitrogens is 1. The molecule has 1 aliphatic carbocycles. The maximum Gasteiger partial charge on any atom is 0.306 e. The number of rotatable bonds is 3. The molecule has 1 amide bonds. The van der Waals surface area contributed by atoms with Crippen LogP contribution in [-0.4, -0.2) is 27.2 Å². The highest BCUT2D eigenvalue weighted by molar-refractivity contribution is 5.95. The van der Waals surface area contributed by atoms with E-state index in [1.54, 1.807) is 6.20 Å². The van der Waals surface area contributed by atoms with Gasteiger partial charge in [0, 0.05) is 17.0 Å². The monoisotopic (exact) mass is 273 g/mol. The molecule has 3 N–H and O–H groups in total. The second-order valence-corrected chi connectivity index (χ2v) is 5.21. The fraction of sp³-hybridized carbons (Fsp3) is 0.357. The van der Waals surface area contributed by atoms with Crippen molar-refractivity contribution in [1.29, 1.82) is 0 Å². The Bertz CT molecular complexity index is 664. The maximum atomic E-state index is 12.1. The number of hydrogen-bond donors (Lipinski definition) is 3. The van der Waals surface area contributed by atoms with Gasteiger partial charge in [0.15, 0.2) is 0 Å². The number of nitrogens with one attached hydrogen (secondary N) is 2. The number of aromatic nitrogens is 2. The van der Waals surface area contributed by atoms with E-state index in [9.17, 15) is 9.59 Å². The topological polar surface area (TPSA) is 95.1 Å². The van der Waals surface area contributed by atoms with Crippen LogP contribution in [0.2, 0.25) is 0 Å². The lowest BCUT2D eigenvalue weighted by Crippen LogP contribution is -2.21. The zero-order valence-electron chi connectivity index (χ0n) is 10.8. The van der Waals surface area contributed by atoms with Crippen molar-refractivity contribution in [3.05, 3.63) is 24.4 Å². The summed E-state index contributed by atoms with van der Waals surface area (Å²) in [6.45, 7) is 0. The molecule has 104 valence electrons. The average molecular weight is 273 g/mol. The predicted octanol–water partition coefficient (Wildman–Crippen LogP) is 2.00. The fourth-order valence-electron chi connectivity index (χ4n) is 2.70. The van der Waals surface area contributed by atoms with Gasteiger partial charge in [-0.15, -0.1) is 0 Å². The van der Waals surface area contributed by atoms with Crippen molar-refractivity contribution in [3.63, 3.8) is 0 Å². The van der Waals surface area contributed by atoms with Gasteiger partial charge < -0.3 is 10.4 Å². The van der Waals surface area contributed by atoms with E-state index in [0.717, 1.165) is 10.9 Å². The summed E-state index contributed by atoms with van der Waals surface area (Å²) in [4.78, 5) is 23.0. The zero-order valence-corrected chi connectivity index (χ0v) is 10.8. The van der Waals surface area contributed by atoms with Gasteiger partial charge in [-0.25, -0.2) is 0 Å². The van der Waals surface area contributed by atoms with Gasteiger partial charge in [0.1, 0.15) is 0 Å². The van der Waals surface area contributed by atoms with Gasteiger partial charge in [-0.3, -0.25) is 14.7 Å². The molecule has 1 heterocycles. The van der Waals surface area contributed by atoms with E-state index in [4.69, 9.17) is 5.11 Å². The van der Waals surface area contributed by atoms with Gasteiger partial charge in [0.2, 0.25) is 5.91 Å². The lowest BCUT2D eigenvalue weighted by Gasteiger charge is -2.10. The lowest BCUT2D eigenvalue weighted by molar-refractivity contribution is -0.141. The molecular weight excluding hydrogens is 258 g/mol. The Kier molecular flexibility index (Phi) is 3.14. The molecule has 2 atom stereocenters. The molecule has 2 unspecified atom stereocenters. The molecule has 0 radical (unpaired) electrons. The molecule has 20 heavy (non-hydrogen) atoms. The van der Waals surface area contributed by atoms with E-state index in [0.29, 0.717) is 24.9 Å². The molecule has 3 rings (SSSR count). The molecule has 0 spiro atoms. The third kappa shape index (κ3) is 2.36. The minimum absolute atomic E-state index is 0.104. The first kappa shape index (κ1) is 12.7. The number of carbonyl (C=O) groups excluding carboxylic acids is 1. The molecule has 1 aromatic heterocycles. The summed E-state index contributed by atoms with van der Waals surface area (Å²) in [7, 11) is 0. The zero-order chi connectivity index (χ0) is 14.1. The van der Waals surface area contributed by atoms with Gasteiger partial charge in [-0.1, -0.05) is 0 Å². The molecule has 1 saturated carbocycles. The summed E-state index contributed by atoms with van der Waals surface area (Å²) in [6, 6.07) is 5.52. The van der Waals surface area contributed by atoms with E-state index >= 15 is 0 Å². The molecule has 1 aliphatic rings. The highest BCUT2D eigenvalue weighted by Crippen LogP contribution is 2.32. The molecular formula is C14H15N3O3. The molecule has 2 aromatic rings. The van der Waals surface area contributed by atoms with E-state index in [1.807, 2.05) is 18.2 Å². The largest absolute Gasteiger partial charge is 0.481 e. The standard InChI is InChI=1S/C14H15N3O3/c18-13(8-1-2-9(5-8)14(19)20)16-11-4-3-10-7-15-17-12(10)6-11/h3-4,6-9H,1-2,5H2,(H,15,17)(H,16,18)(H,19,20). The van der Waals surface area contributed by atoms with Crippen molar-refractivity contribution in [2.45, 2.75) is 19.3 Å². The van der Waals surface area contributed by atoms with Crippen LogP contribution in [0.4, 0.5) is 5.69 Å². The van der Waals surface area contributed by atoms with Crippen molar-refractivity contribution >= 4 is 28.5 Å². The lowest BCUT2D eigenvalue weighted by atomic mass is 10.0. The number of fused-ring (bicyclic) bond motifs is 1. The Morgan fingerprint density at radius 2 is 2.10 bits per heavy atom. The Hall–Kier alpha value is -2.37. The van der Waals surface area contributed by atoms with Crippen LogP contribution in [-0.2, 0) is 9.59 Å². The Morgan fingerprint density at radius 1 is 1.30 bits per heavy atom. The summed E-state index contributed by atoms with van der Waals surface area (Å²) in [5, 5.41) is 19.6. The molecule has 0 bridgehead atoms. The summed E-state index contributed by atoms with van der Waals surface area (Å²) < 4.78 is 0.